The van der Waals surface area contributed by atoms with Crippen molar-refractivity contribution in [2.24, 2.45) is 11.3 Å². The molecule has 0 heterocycles. The zero-order valence-corrected chi connectivity index (χ0v) is 18.4. The maximum atomic E-state index is 13.5. The predicted octanol–water partition coefficient (Wildman–Crippen LogP) is 2.77. The van der Waals surface area contributed by atoms with E-state index in [1.165, 1.54) is 9.80 Å². The van der Waals surface area contributed by atoms with E-state index >= 15 is 0 Å². The van der Waals surface area contributed by atoms with Crippen LogP contribution in [0.5, 0.6) is 0 Å². The Bertz CT molecular complexity index is 726. The first-order chi connectivity index (χ1) is 14.1. The Morgan fingerprint density at radius 2 is 1.73 bits per heavy atom. The van der Waals surface area contributed by atoms with Gasteiger partial charge in [-0.05, 0) is 36.3 Å². The van der Waals surface area contributed by atoms with Crippen LogP contribution in [0, 0.1) is 11.3 Å². The van der Waals surface area contributed by atoms with Gasteiger partial charge in [0.25, 0.3) is 5.91 Å². The van der Waals surface area contributed by atoms with Crippen LogP contribution in [0.2, 0.25) is 0 Å². The normalized spacial score (nSPS) is 15.4. The number of anilines is 1. The van der Waals surface area contributed by atoms with Gasteiger partial charge in [-0.25, -0.2) is 10.3 Å². The Balaban J connectivity index is 2.20. The monoisotopic (exact) mass is 418 g/mol. The molecule has 1 aromatic rings. The number of hydroxylamine groups is 1. The van der Waals surface area contributed by atoms with Crippen LogP contribution in [-0.4, -0.2) is 54.1 Å². The van der Waals surface area contributed by atoms with Gasteiger partial charge in [0, 0.05) is 19.3 Å². The van der Waals surface area contributed by atoms with Gasteiger partial charge in [0.2, 0.25) is 5.91 Å². The first-order valence-electron chi connectivity index (χ1n) is 10.4. The van der Waals surface area contributed by atoms with Gasteiger partial charge in [0.05, 0.1) is 0 Å². The number of rotatable bonds is 7. The molecule has 0 saturated heterocycles. The third-order valence-corrected chi connectivity index (χ3v) is 5.55. The fourth-order valence-corrected chi connectivity index (χ4v) is 3.77. The Morgan fingerprint density at radius 3 is 2.27 bits per heavy atom. The molecule has 4 amide bonds. The van der Waals surface area contributed by atoms with Gasteiger partial charge < -0.3 is 10.2 Å². The van der Waals surface area contributed by atoms with Gasteiger partial charge in [-0.3, -0.25) is 19.7 Å². The van der Waals surface area contributed by atoms with Crippen LogP contribution in [-0.2, 0) is 9.59 Å². The predicted molar refractivity (Wildman–Crippen MR) is 115 cm³/mol. The van der Waals surface area contributed by atoms with Crippen molar-refractivity contribution in [2.75, 3.05) is 25.0 Å². The molecule has 1 atom stereocenters. The standard InChI is InChI=1S/C22H34N4O4/c1-22(2,3)19(23-21(29)25(4)17-12-6-5-7-13-17)20(28)26(15-18(27)24-30)14-16-10-8-9-11-16/h5-7,12-13,16,19,30H,8-11,14-15H2,1-4H3,(H,23,29)(H,24,27)/t19-/m1/s1. The SMILES string of the molecule is CN(C(=O)N[C@H](C(=O)N(CC(=O)NO)CC1CCCC1)C(C)(C)C)c1ccccc1. The molecule has 0 radical (unpaired) electrons. The summed E-state index contributed by atoms with van der Waals surface area (Å²) in [5, 5.41) is 11.8. The van der Waals surface area contributed by atoms with Gasteiger partial charge in [0.1, 0.15) is 12.6 Å². The quantitative estimate of drug-likeness (QED) is 0.468. The van der Waals surface area contributed by atoms with E-state index in [0.29, 0.717) is 18.2 Å². The summed E-state index contributed by atoms with van der Waals surface area (Å²) in [6.45, 7) is 5.81. The van der Waals surface area contributed by atoms with Gasteiger partial charge in [0.15, 0.2) is 0 Å². The molecule has 0 unspecified atom stereocenters. The summed E-state index contributed by atoms with van der Waals surface area (Å²) in [7, 11) is 1.64. The summed E-state index contributed by atoms with van der Waals surface area (Å²) in [4.78, 5) is 41.1. The van der Waals surface area contributed by atoms with Crippen LogP contribution in [0.4, 0.5) is 10.5 Å². The molecule has 8 nitrogen and oxygen atoms in total. The average molecular weight is 419 g/mol. The molecule has 3 N–H and O–H groups in total. The van der Waals surface area contributed by atoms with Crippen molar-refractivity contribution in [1.82, 2.24) is 15.7 Å². The number of benzene rings is 1. The third kappa shape index (κ3) is 6.45. The molecular formula is C22H34N4O4. The first-order valence-corrected chi connectivity index (χ1v) is 10.4. The van der Waals surface area contributed by atoms with Gasteiger partial charge >= 0.3 is 6.03 Å². The van der Waals surface area contributed by atoms with E-state index in [-0.39, 0.29) is 12.5 Å². The first kappa shape index (κ1) is 23.7. The molecule has 2 rings (SSSR count). The van der Waals surface area contributed by atoms with Crippen molar-refractivity contribution in [1.29, 1.82) is 0 Å². The summed E-state index contributed by atoms with van der Waals surface area (Å²) in [5.74, 6) is -0.654. The highest BCUT2D eigenvalue weighted by Gasteiger charge is 2.37. The highest BCUT2D eigenvalue weighted by Crippen LogP contribution is 2.27. The number of urea groups is 1. The summed E-state index contributed by atoms with van der Waals surface area (Å²) in [6.07, 6.45) is 4.24. The second-order valence-electron chi connectivity index (χ2n) is 9.05. The zero-order chi connectivity index (χ0) is 22.3. The number of carbonyl (C=O) groups is 3. The lowest BCUT2D eigenvalue weighted by Gasteiger charge is -2.36. The molecule has 30 heavy (non-hydrogen) atoms. The lowest BCUT2D eigenvalue weighted by molar-refractivity contribution is -0.142. The highest BCUT2D eigenvalue weighted by molar-refractivity contribution is 5.96. The van der Waals surface area contributed by atoms with Crippen molar-refractivity contribution in [3.63, 3.8) is 0 Å². The van der Waals surface area contributed by atoms with E-state index in [1.54, 1.807) is 12.5 Å². The minimum atomic E-state index is -0.830. The molecule has 0 spiro atoms. The zero-order valence-electron chi connectivity index (χ0n) is 18.4. The van der Waals surface area contributed by atoms with Crippen LogP contribution in [0.1, 0.15) is 46.5 Å². The van der Waals surface area contributed by atoms with E-state index < -0.39 is 23.4 Å². The average Bonchev–Trinajstić information content (AvgIpc) is 3.23. The number of hydrogen-bond acceptors (Lipinski definition) is 4. The summed E-state index contributed by atoms with van der Waals surface area (Å²) >= 11 is 0. The summed E-state index contributed by atoms with van der Waals surface area (Å²) in [5.41, 5.74) is 1.74. The van der Waals surface area contributed by atoms with Gasteiger partial charge in [-0.15, -0.1) is 0 Å². The van der Waals surface area contributed by atoms with Crippen molar-refractivity contribution in [3.05, 3.63) is 30.3 Å². The topological polar surface area (TPSA) is 102 Å². The second kappa shape index (κ2) is 10.4. The number of hydrogen-bond donors (Lipinski definition) is 3. The Labute approximate surface area is 178 Å². The maximum absolute atomic E-state index is 13.5. The Hall–Kier alpha value is -2.61. The van der Waals surface area contributed by atoms with E-state index in [4.69, 9.17) is 5.21 Å². The van der Waals surface area contributed by atoms with Crippen molar-refractivity contribution in [3.8, 4) is 0 Å². The maximum Gasteiger partial charge on any atom is 0.322 e. The van der Waals surface area contributed by atoms with E-state index in [2.05, 4.69) is 5.32 Å². The fraction of sp³-hybridized carbons (Fsp3) is 0.591. The number of carbonyl (C=O) groups excluding carboxylic acids is 3. The fourth-order valence-electron chi connectivity index (χ4n) is 3.77. The number of nitrogens with one attached hydrogen (secondary N) is 2. The number of para-hydroxylation sites is 1. The van der Waals surface area contributed by atoms with Gasteiger partial charge in [-0.1, -0.05) is 51.8 Å². The third-order valence-electron chi connectivity index (χ3n) is 5.55. The highest BCUT2D eigenvalue weighted by atomic mass is 16.5. The van der Waals surface area contributed by atoms with Crippen LogP contribution >= 0.6 is 0 Å². The molecule has 8 heteroatoms. The molecule has 166 valence electrons. The smallest absolute Gasteiger partial charge is 0.322 e. The van der Waals surface area contributed by atoms with E-state index in [1.807, 2.05) is 51.1 Å². The molecule has 1 aliphatic carbocycles. The second-order valence-corrected chi connectivity index (χ2v) is 9.05. The van der Waals surface area contributed by atoms with Crippen LogP contribution in [0.15, 0.2) is 30.3 Å². The minimum absolute atomic E-state index is 0.247. The van der Waals surface area contributed by atoms with Crippen LogP contribution < -0.4 is 15.7 Å². The molecule has 1 saturated carbocycles. The lowest BCUT2D eigenvalue weighted by Crippen LogP contribution is -2.58. The Kier molecular flexibility index (Phi) is 8.23. The molecule has 1 aliphatic rings. The molecular weight excluding hydrogens is 384 g/mol. The van der Waals surface area contributed by atoms with Gasteiger partial charge in [-0.2, -0.15) is 0 Å². The van der Waals surface area contributed by atoms with E-state index in [9.17, 15) is 14.4 Å². The van der Waals surface area contributed by atoms with Crippen LogP contribution in [0.25, 0.3) is 0 Å². The van der Waals surface area contributed by atoms with Crippen molar-refractivity contribution in [2.45, 2.75) is 52.5 Å². The molecule has 0 aliphatic heterocycles. The molecule has 0 aromatic heterocycles. The van der Waals surface area contributed by atoms with Crippen LogP contribution in [0.3, 0.4) is 0 Å². The summed E-state index contributed by atoms with van der Waals surface area (Å²) < 4.78 is 0. The van der Waals surface area contributed by atoms with E-state index in [0.717, 1.165) is 25.7 Å². The lowest BCUT2D eigenvalue weighted by atomic mass is 9.85. The summed E-state index contributed by atoms with van der Waals surface area (Å²) in [6, 6.07) is 7.93. The number of nitrogens with zero attached hydrogens (tertiary/aromatic N) is 2. The Morgan fingerprint density at radius 1 is 1.13 bits per heavy atom. The molecule has 1 fully saturated rings. The molecule has 0 bridgehead atoms. The number of amides is 4. The largest absolute Gasteiger partial charge is 0.331 e. The molecule has 1 aromatic carbocycles. The van der Waals surface area contributed by atoms with Crippen molar-refractivity contribution >= 4 is 23.5 Å². The minimum Gasteiger partial charge on any atom is -0.331 e. The van der Waals surface area contributed by atoms with Crippen molar-refractivity contribution < 1.29 is 19.6 Å².